The summed E-state index contributed by atoms with van der Waals surface area (Å²) in [7, 11) is 0. The van der Waals surface area contributed by atoms with Crippen LogP contribution in [0.15, 0.2) is 47.3 Å². The first kappa shape index (κ1) is 26.3. The van der Waals surface area contributed by atoms with Gasteiger partial charge in [-0.1, -0.05) is 6.07 Å². The molecule has 0 spiro atoms. The molecule has 1 atom stereocenters. The summed E-state index contributed by atoms with van der Waals surface area (Å²) in [6.45, 7) is -1.31. The first-order valence-electron chi connectivity index (χ1n) is 11.0. The van der Waals surface area contributed by atoms with E-state index in [1.807, 2.05) is 0 Å². The molecule has 1 amide bonds. The standard InChI is InChI=1S/C24H24F2N4O6/c25-9-10-30(13-14-1-6-18-17(11-14)23(34)29-20(12-26)27-18)16-4-2-15(3-5-16)22(33)28-19(24(35)36)7-8-21(31)32/h1-6,11,19H,7-10,12-13H2,(H,28,33)(H,31,32)(H,35,36)(H,27,29,34)/t19-/m0/s1. The zero-order valence-corrected chi connectivity index (χ0v) is 19.0. The number of rotatable bonds is 12. The number of nitrogens with one attached hydrogen (secondary N) is 2. The lowest BCUT2D eigenvalue weighted by molar-refractivity contribution is -0.140. The van der Waals surface area contributed by atoms with Crippen molar-refractivity contribution in [3.63, 3.8) is 0 Å². The lowest BCUT2D eigenvalue weighted by Gasteiger charge is -2.24. The van der Waals surface area contributed by atoms with E-state index in [4.69, 9.17) is 5.11 Å². The Hall–Kier alpha value is -4.35. The van der Waals surface area contributed by atoms with Crippen molar-refractivity contribution in [2.75, 3.05) is 18.1 Å². The Morgan fingerprint density at radius 3 is 2.42 bits per heavy atom. The number of amides is 1. The highest BCUT2D eigenvalue weighted by Crippen LogP contribution is 2.20. The van der Waals surface area contributed by atoms with E-state index >= 15 is 0 Å². The normalized spacial score (nSPS) is 11.7. The number of benzene rings is 2. The van der Waals surface area contributed by atoms with E-state index in [2.05, 4.69) is 15.3 Å². The molecule has 12 heteroatoms. The van der Waals surface area contributed by atoms with E-state index in [-0.39, 0.29) is 36.3 Å². The first-order chi connectivity index (χ1) is 17.2. The molecule has 0 bridgehead atoms. The molecular formula is C24H24F2N4O6. The van der Waals surface area contributed by atoms with E-state index in [0.29, 0.717) is 16.8 Å². The van der Waals surface area contributed by atoms with Gasteiger partial charge in [0.05, 0.1) is 10.9 Å². The molecule has 0 aliphatic heterocycles. The van der Waals surface area contributed by atoms with Crippen molar-refractivity contribution in [1.82, 2.24) is 15.3 Å². The second-order valence-electron chi connectivity index (χ2n) is 7.95. The molecule has 1 aromatic heterocycles. The number of hydrogen-bond acceptors (Lipinski definition) is 6. The van der Waals surface area contributed by atoms with Crippen molar-refractivity contribution in [1.29, 1.82) is 0 Å². The smallest absolute Gasteiger partial charge is 0.326 e. The number of aliphatic carboxylic acids is 2. The van der Waals surface area contributed by atoms with Gasteiger partial charge in [-0.05, 0) is 48.4 Å². The highest BCUT2D eigenvalue weighted by molar-refractivity contribution is 5.97. The molecule has 190 valence electrons. The monoisotopic (exact) mass is 502 g/mol. The number of anilines is 1. The number of hydrogen-bond donors (Lipinski definition) is 4. The summed E-state index contributed by atoms with van der Waals surface area (Å²) < 4.78 is 26.1. The molecule has 0 fully saturated rings. The summed E-state index contributed by atoms with van der Waals surface area (Å²) in [6.07, 6.45) is -0.680. The Morgan fingerprint density at radius 1 is 1.08 bits per heavy atom. The second kappa shape index (κ2) is 11.9. The van der Waals surface area contributed by atoms with Gasteiger partial charge < -0.3 is 25.4 Å². The molecular weight excluding hydrogens is 478 g/mol. The third-order valence-electron chi connectivity index (χ3n) is 5.42. The van der Waals surface area contributed by atoms with Crippen molar-refractivity contribution in [3.05, 3.63) is 69.8 Å². The van der Waals surface area contributed by atoms with Crippen LogP contribution < -0.4 is 15.8 Å². The van der Waals surface area contributed by atoms with Crippen molar-refractivity contribution >= 4 is 34.4 Å². The second-order valence-corrected chi connectivity index (χ2v) is 7.95. The van der Waals surface area contributed by atoms with Gasteiger partial charge >= 0.3 is 11.9 Å². The zero-order valence-electron chi connectivity index (χ0n) is 19.0. The molecule has 3 aromatic rings. The number of H-pyrrole nitrogens is 1. The fourth-order valence-electron chi connectivity index (χ4n) is 3.61. The molecule has 10 nitrogen and oxygen atoms in total. The zero-order chi connectivity index (χ0) is 26.2. The van der Waals surface area contributed by atoms with E-state index in [9.17, 15) is 33.1 Å². The molecule has 3 rings (SSSR count). The molecule has 2 aromatic carbocycles. The van der Waals surface area contributed by atoms with E-state index < -0.39 is 49.2 Å². The molecule has 0 aliphatic carbocycles. The Bertz CT molecular complexity index is 1310. The molecule has 0 saturated carbocycles. The molecule has 0 radical (unpaired) electrons. The van der Waals surface area contributed by atoms with Crippen LogP contribution in [0.2, 0.25) is 0 Å². The van der Waals surface area contributed by atoms with Crippen LogP contribution in [0.4, 0.5) is 14.5 Å². The molecule has 0 aliphatic rings. The van der Waals surface area contributed by atoms with Gasteiger partial charge in [0, 0.05) is 30.8 Å². The third-order valence-corrected chi connectivity index (χ3v) is 5.42. The number of fused-ring (bicyclic) bond motifs is 1. The van der Waals surface area contributed by atoms with E-state index in [1.54, 1.807) is 35.2 Å². The number of carboxylic acid groups (broad SMARTS) is 2. The Kier molecular flexibility index (Phi) is 8.66. The molecule has 36 heavy (non-hydrogen) atoms. The lowest BCUT2D eigenvalue weighted by atomic mass is 10.1. The van der Waals surface area contributed by atoms with Gasteiger partial charge in [0.15, 0.2) is 0 Å². The summed E-state index contributed by atoms with van der Waals surface area (Å²) in [5.41, 5.74) is 1.26. The summed E-state index contributed by atoms with van der Waals surface area (Å²) >= 11 is 0. The molecule has 4 N–H and O–H groups in total. The van der Waals surface area contributed by atoms with Crippen LogP contribution in [-0.4, -0.2) is 57.3 Å². The number of aromatic amines is 1. The first-order valence-corrected chi connectivity index (χ1v) is 11.0. The van der Waals surface area contributed by atoms with Crippen LogP contribution in [0.25, 0.3) is 10.9 Å². The van der Waals surface area contributed by atoms with Crippen LogP contribution in [0.5, 0.6) is 0 Å². The van der Waals surface area contributed by atoms with Gasteiger partial charge in [-0.2, -0.15) is 0 Å². The summed E-state index contributed by atoms with van der Waals surface area (Å²) in [4.78, 5) is 54.8. The summed E-state index contributed by atoms with van der Waals surface area (Å²) in [6, 6.07) is 9.55. The largest absolute Gasteiger partial charge is 0.481 e. The van der Waals surface area contributed by atoms with Gasteiger partial charge in [0.25, 0.3) is 11.5 Å². The maximum absolute atomic E-state index is 13.3. The van der Waals surface area contributed by atoms with Crippen LogP contribution in [0, 0.1) is 0 Å². The maximum atomic E-state index is 13.3. The van der Waals surface area contributed by atoms with Crippen molar-refractivity contribution < 1.29 is 33.4 Å². The van der Waals surface area contributed by atoms with Crippen LogP contribution in [0.3, 0.4) is 0 Å². The van der Waals surface area contributed by atoms with Crippen molar-refractivity contribution in [2.24, 2.45) is 0 Å². The van der Waals surface area contributed by atoms with Crippen LogP contribution >= 0.6 is 0 Å². The number of halogens is 2. The predicted molar refractivity (Wildman–Crippen MR) is 126 cm³/mol. The van der Waals surface area contributed by atoms with Crippen molar-refractivity contribution in [2.45, 2.75) is 32.1 Å². The van der Waals surface area contributed by atoms with Gasteiger partial charge in [-0.3, -0.25) is 14.4 Å². The van der Waals surface area contributed by atoms with Gasteiger partial charge in [-0.25, -0.2) is 18.6 Å². The number of aromatic nitrogens is 2. The number of carboxylic acids is 2. The highest BCUT2D eigenvalue weighted by Gasteiger charge is 2.22. The number of carbonyl (C=O) groups excluding carboxylic acids is 1. The average Bonchev–Trinajstić information content (AvgIpc) is 2.86. The molecule has 0 saturated heterocycles. The average molecular weight is 502 g/mol. The quantitative estimate of drug-likeness (QED) is 0.295. The highest BCUT2D eigenvalue weighted by atomic mass is 19.1. The number of nitrogens with zero attached hydrogens (tertiary/aromatic N) is 2. The van der Waals surface area contributed by atoms with E-state index in [1.165, 1.54) is 12.1 Å². The fourth-order valence-corrected chi connectivity index (χ4v) is 3.61. The maximum Gasteiger partial charge on any atom is 0.326 e. The Balaban J connectivity index is 1.76. The van der Waals surface area contributed by atoms with Gasteiger partial charge in [0.1, 0.15) is 25.2 Å². The number of carbonyl (C=O) groups is 3. The van der Waals surface area contributed by atoms with Crippen LogP contribution in [-0.2, 0) is 22.8 Å². The third kappa shape index (κ3) is 6.62. The lowest BCUT2D eigenvalue weighted by Crippen LogP contribution is -2.41. The summed E-state index contributed by atoms with van der Waals surface area (Å²) in [5, 5.41) is 20.5. The van der Waals surface area contributed by atoms with Gasteiger partial charge in [0.2, 0.25) is 0 Å². The fraction of sp³-hybridized carbons (Fsp3) is 0.292. The SMILES string of the molecule is O=C(O)CC[C@H](NC(=O)c1ccc(N(CCF)Cc2ccc3nc(CF)[nH]c(=O)c3c2)cc1)C(=O)O. The minimum Gasteiger partial charge on any atom is -0.481 e. The molecule has 0 unspecified atom stereocenters. The Morgan fingerprint density at radius 2 is 1.81 bits per heavy atom. The van der Waals surface area contributed by atoms with Crippen molar-refractivity contribution in [3.8, 4) is 0 Å². The Labute approximate surface area is 203 Å². The minimum atomic E-state index is -1.36. The molecule has 1 heterocycles. The predicted octanol–water partition coefficient (Wildman–Crippen LogP) is 2.42. The van der Waals surface area contributed by atoms with E-state index in [0.717, 1.165) is 0 Å². The summed E-state index contributed by atoms with van der Waals surface area (Å²) in [5.74, 6) is -3.28. The van der Waals surface area contributed by atoms with Crippen LogP contribution in [0.1, 0.15) is 34.6 Å². The minimum absolute atomic E-state index is 0.0231. The number of alkyl halides is 2. The topological polar surface area (TPSA) is 153 Å². The van der Waals surface area contributed by atoms with Gasteiger partial charge in [-0.15, -0.1) is 0 Å².